The Labute approximate surface area is 128 Å². The molecule has 0 aliphatic heterocycles. The maximum atomic E-state index is 12.2. The number of amides is 1. The number of fused-ring (bicyclic) bond motifs is 1. The van der Waals surface area contributed by atoms with E-state index in [1.54, 1.807) is 24.3 Å². The van der Waals surface area contributed by atoms with Gasteiger partial charge in [0.25, 0.3) is 0 Å². The second-order valence-corrected chi connectivity index (χ2v) is 5.21. The van der Waals surface area contributed by atoms with Crippen LogP contribution in [0.15, 0.2) is 54.7 Å². The summed E-state index contributed by atoms with van der Waals surface area (Å²) in [6.45, 7) is 0. The van der Waals surface area contributed by atoms with Gasteiger partial charge in [-0.05, 0) is 42.3 Å². The number of carbonyl (C=O) groups is 1. The number of nitrogens with zero attached hydrogens (tertiary/aromatic N) is 1. The SMILES string of the molecule is Nc1ccc(N(N)C(=O)CCc2c[nH]c3ccccc23)cc1. The number of nitrogens with two attached hydrogens (primary N) is 2. The van der Waals surface area contributed by atoms with Crippen LogP contribution in [0.3, 0.4) is 0 Å². The van der Waals surface area contributed by atoms with Crippen molar-refractivity contribution in [2.45, 2.75) is 12.8 Å². The number of hydrogen-bond acceptors (Lipinski definition) is 3. The molecule has 3 aromatic rings. The highest BCUT2D eigenvalue weighted by molar-refractivity contribution is 5.93. The Morgan fingerprint density at radius 2 is 1.82 bits per heavy atom. The Balaban J connectivity index is 1.68. The summed E-state index contributed by atoms with van der Waals surface area (Å²) >= 11 is 0. The fourth-order valence-corrected chi connectivity index (χ4v) is 2.48. The van der Waals surface area contributed by atoms with Gasteiger partial charge in [-0.25, -0.2) is 10.9 Å². The summed E-state index contributed by atoms with van der Waals surface area (Å²) in [6.07, 6.45) is 2.94. The van der Waals surface area contributed by atoms with Crippen molar-refractivity contribution in [1.29, 1.82) is 0 Å². The molecule has 1 amide bonds. The van der Waals surface area contributed by atoms with Gasteiger partial charge >= 0.3 is 0 Å². The molecule has 5 N–H and O–H groups in total. The fourth-order valence-electron chi connectivity index (χ4n) is 2.48. The van der Waals surface area contributed by atoms with Gasteiger partial charge in [-0.1, -0.05) is 18.2 Å². The predicted octanol–water partition coefficient (Wildman–Crippen LogP) is 2.59. The maximum absolute atomic E-state index is 12.2. The number of anilines is 2. The number of nitrogen functional groups attached to an aromatic ring is 1. The van der Waals surface area contributed by atoms with Gasteiger partial charge in [0.1, 0.15) is 0 Å². The second-order valence-electron chi connectivity index (χ2n) is 5.21. The van der Waals surface area contributed by atoms with Gasteiger partial charge < -0.3 is 10.7 Å². The lowest BCUT2D eigenvalue weighted by molar-refractivity contribution is -0.118. The molecule has 5 nitrogen and oxygen atoms in total. The lowest BCUT2D eigenvalue weighted by Crippen LogP contribution is -2.37. The van der Waals surface area contributed by atoms with Gasteiger partial charge in [-0.15, -0.1) is 0 Å². The lowest BCUT2D eigenvalue weighted by Gasteiger charge is -2.16. The minimum absolute atomic E-state index is 0.130. The number of carbonyl (C=O) groups excluding carboxylic acids is 1. The molecule has 1 aromatic heterocycles. The predicted molar refractivity (Wildman–Crippen MR) is 89.1 cm³/mol. The molecular weight excluding hydrogens is 276 g/mol. The number of benzene rings is 2. The lowest BCUT2D eigenvalue weighted by atomic mass is 10.1. The van der Waals surface area contributed by atoms with Gasteiger partial charge in [0, 0.05) is 29.2 Å². The fraction of sp³-hybridized carbons (Fsp3) is 0.118. The minimum atomic E-state index is -0.130. The van der Waals surface area contributed by atoms with Gasteiger partial charge in [0.2, 0.25) is 5.91 Å². The molecule has 0 saturated heterocycles. The summed E-state index contributed by atoms with van der Waals surface area (Å²) in [5.74, 6) is 5.75. The van der Waals surface area contributed by atoms with E-state index in [9.17, 15) is 4.79 Å². The van der Waals surface area contributed by atoms with Crippen LogP contribution in [0.25, 0.3) is 10.9 Å². The average Bonchev–Trinajstić information content (AvgIpc) is 2.96. The average molecular weight is 294 g/mol. The molecule has 0 saturated carbocycles. The van der Waals surface area contributed by atoms with Crippen LogP contribution >= 0.6 is 0 Å². The number of aromatic nitrogens is 1. The van der Waals surface area contributed by atoms with E-state index in [1.165, 1.54) is 5.01 Å². The normalized spacial score (nSPS) is 10.8. The van der Waals surface area contributed by atoms with Crippen LogP contribution in [0.5, 0.6) is 0 Å². The number of rotatable bonds is 4. The first-order valence-corrected chi connectivity index (χ1v) is 7.13. The van der Waals surface area contributed by atoms with E-state index in [-0.39, 0.29) is 5.91 Å². The Morgan fingerprint density at radius 3 is 2.59 bits per heavy atom. The summed E-state index contributed by atoms with van der Waals surface area (Å²) in [4.78, 5) is 15.4. The smallest absolute Gasteiger partial charge is 0.241 e. The van der Waals surface area contributed by atoms with Crippen molar-refractivity contribution < 1.29 is 4.79 Å². The van der Waals surface area contributed by atoms with Crippen molar-refractivity contribution in [3.8, 4) is 0 Å². The van der Waals surface area contributed by atoms with E-state index in [4.69, 9.17) is 11.6 Å². The first-order chi connectivity index (χ1) is 10.6. The van der Waals surface area contributed by atoms with Crippen molar-refractivity contribution in [1.82, 2.24) is 4.98 Å². The quantitative estimate of drug-likeness (QED) is 0.299. The topological polar surface area (TPSA) is 88.1 Å². The van der Waals surface area contributed by atoms with Crippen LogP contribution in [0, 0.1) is 0 Å². The maximum Gasteiger partial charge on any atom is 0.241 e. The number of hydrazine groups is 1. The van der Waals surface area contributed by atoms with Gasteiger partial charge in [-0.3, -0.25) is 4.79 Å². The summed E-state index contributed by atoms with van der Waals surface area (Å²) in [5.41, 5.74) is 9.11. The van der Waals surface area contributed by atoms with Gasteiger partial charge in [0.05, 0.1) is 5.69 Å². The molecule has 0 fully saturated rings. The molecular formula is C17H18N4O. The molecule has 0 aliphatic carbocycles. The van der Waals surface area contributed by atoms with Gasteiger partial charge in [0.15, 0.2) is 0 Å². The molecule has 22 heavy (non-hydrogen) atoms. The third-order valence-electron chi connectivity index (χ3n) is 3.72. The molecule has 2 aromatic carbocycles. The zero-order valence-electron chi connectivity index (χ0n) is 12.1. The molecule has 0 unspecified atom stereocenters. The van der Waals surface area contributed by atoms with Gasteiger partial charge in [-0.2, -0.15) is 0 Å². The van der Waals surface area contributed by atoms with Crippen molar-refractivity contribution in [2.75, 3.05) is 10.7 Å². The summed E-state index contributed by atoms with van der Waals surface area (Å²) in [5, 5.41) is 2.32. The molecule has 0 spiro atoms. The highest BCUT2D eigenvalue weighted by atomic mass is 16.2. The molecule has 112 valence electrons. The zero-order chi connectivity index (χ0) is 15.5. The summed E-state index contributed by atoms with van der Waals surface area (Å²) < 4.78 is 0. The van der Waals surface area contributed by atoms with E-state index in [2.05, 4.69) is 4.98 Å². The van der Waals surface area contributed by atoms with Crippen LogP contribution in [0.4, 0.5) is 11.4 Å². The third kappa shape index (κ3) is 2.80. The molecule has 5 heteroatoms. The molecule has 0 radical (unpaired) electrons. The zero-order valence-corrected chi connectivity index (χ0v) is 12.1. The number of nitrogens with one attached hydrogen (secondary N) is 1. The van der Waals surface area contributed by atoms with Crippen molar-refractivity contribution >= 4 is 28.2 Å². The number of para-hydroxylation sites is 1. The second kappa shape index (κ2) is 5.91. The van der Waals surface area contributed by atoms with Crippen LogP contribution < -0.4 is 16.6 Å². The van der Waals surface area contributed by atoms with Crippen LogP contribution in [-0.2, 0) is 11.2 Å². The molecule has 3 rings (SSSR count). The molecule has 1 heterocycles. The number of aromatic amines is 1. The van der Waals surface area contributed by atoms with Crippen molar-refractivity contribution in [2.24, 2.45) is 5.84 Å². The Morgan fingerprint density at radius 1 is 1.09 bits per heavy atom. The summed E-state index contributed by atoms with van der Waals surface area (Å²) in [6, 6.07) is 15.0. The molecule has 0 aliphatic rings. The van der Waals surface area contributed by atoms with Crippen LogP contribution in [0.1, 0.15) is 12.0 Å². The highest BCUT2D eigenvalue weighted by Gasteiger charge is 2.13. The third-order valence-corrected chi connectivity index (χ3v) is 3.72. The minimum Gasteiger partial charge on any atom is -0.399 e. The van der Waals surface area contributed by atoms with E-state index in [0.29, 0.717) is 24.2 Å². The molecule has 0 atom stereocenters. The first kappa shape index (κ1) is 14.2. The standard InChI is InChI=1S/C17H18N4O/c18-13-6-8-14(9-7-13)21(19)17(22)10-5-12-11-20-16-4-2-1-3-15(12)16/h1-4,6-9,11,20H,5,10,18-19H2. The highest BCUT2D eigenvalue weighted by Crippen LogP contribution is 2.20. The van der Waals surface area contributed by atoms with Crippen LogP contribution in [0.2, 0.25) is 0 Å². The van der Waals surface area contributed by atoms with E-state index in [1.807, 2.05) is 30.5 Å². The largest absolute Gasteiger partial charge is 0.399 e. The first-order valence-electron chi connectivity index (χ1n) is 7.13. The molecule has 0 bridgehead atoms. The van der Waals surface area contributed by atoms with Crippen LogP contribution in [-0.4, -0.2) is 10.9 Å². The number of aryl methyl sites for hydroxylation is 1. The number of hydrogen-bond donors (Lipinski definition) is 3. The number of H-pyrrole nitrogens is 1. The van der Waals surface area contributed by atoms with E-state index in [0.717, 1.165) is 16.5 Å². The van der Waals surface area contributed by atoms with E-state index >= 15 is 0 Å². The monoisotopic (exact) mass is 294 g/mol. The summed E-state index contributed by atoms with van der Waals surface area (Å²) in [7, 11) is 0. The Hall–Kier alpha value is -2.79. The van der Waals surface area contributed by atoms with Crippen molar-refractivity contribution in [3.63, 3.8) is 0 Å². The Kier molecular flexibility index (Phi) is 3.80. The van der Waals surface area contributed by atoms with Crippen molar-refractivity contribution in [3.05, 3.63) is 60.3 Å². The Bertz CT molecular complexity index is 792. The van der Waals surface area contributed by atoms with E-state index < -0.39 is 0 Å².